The fraction of sp³-hybridized carbons (Fsp3) is 0.353. The lowest BCUT2D eigenvalue weighted by atomic mass is 10.2. The number of carbonyl (C=O) groups excluding carboxylic acids is 1. The van der Waals surface area contributed by atoms with E-state index in [2.05, 4.69) is 15.3 Å². The third-order valence-electron chi connectivity index (χ3n) is 4.18. The summed E-state index contributed by atoms with van der Waals surface area (Å²) in [5.74, 6) is -1.40. The molecule has 1 aliphatic rings. The number of anilines is 1. The number of nitrogens with one attached hydrogen (secondary N) is 2. The minimum atomic E-state index is -0.757. The third-order valence-corrected chi connectivity index (χ3v) is 4.18. The number of nitrogens with zero attached hydrogens (tertiary/aromatic N) is 3. The first kappa shape index (κ1) is 17.9. The van der Waals surface area contributed by atoms with Gasteiger partial charge in [0.1, 0.15) is 5.82 Å². The van der Waals surface area contributed by atoms with E-state index >= 15 is 0 Å². The van der Waals surface area contributed by atoms with Crippen LogP contribution in [-0.4, -0.2) is 59.1 Å². The molecule has 9 heteroatoms. The molecule has 1 amide bonds. The van der Waals surface area contributed by atoms with Gasteiger partial charge in [-0.05, 0) is 17.7 Å². The topological polar surface area (TPSA) is 102 Å². The number of benzene rings is 1. The van der Waals surface area contributed by atoms with E-state index in [1.807, 2.05) is 4.90 Å². The number of H-pyrrole nitrogens is 1. The largest absolute Gasteiger partial charge is 0.501 e. The van der Waals surface area contributed by atoms with Gasteiger partial charge in [-0.3, -0.25) is 14.6 Å². The minimum Gasteiger partial charge on any atom is -0.501 e. The standard InChI is InChI=1S/C17H20FN5O3/c1-22(10-11-2-4-12(18)5-3-11)16(26)13-14(24)15(25)21-17(20-13)23-8-6-19-7-9-23/h2-5,19,24H,6-10H2,1H3,(H,20,21,25). The van der Waals surface area contributed by atoms with Gasteiger partial charge in [-0.15, -0.1) is 0 Å². The Morgan fingerprint density at radius 3 is 2.62 bits per heavy atom. The highest BCUT2D eigenvalue weighted by atomic mass is 19.1. The van der Waals surface area contributed by atoms with Crippen LogP contribution in [0.4, 0.5) is 10.3 Å². The molecule has 0 spiro atoms. The first-order valence-electron chi connectivity index (χ1n) is 8.24. The van der Waals surface area contributed by atoms with Crippen molar-refractivity contribution in [3.8, 4) is 5.75 Å². The average molecular weight is 361 g/mol. The number of hydrogen-bond acceptors (Lipinski definition) is 6. The molecule has 1 aromatic heterocycles. The molecule has 3 rings (SSSR count). The van der Waals surface area contributed by atoms with Crippen LogP contribution in [-0.2, 0) is 6.54 Å². The molecule has 0 bridgehead atoms. The zero-order chi connectivity index (χ0) is 18.7. The SMILES string of the molecule is CN(Cc1ccc(F)cc1)C(=O)c1nc(N2CCNCC2)[nH]c(=O)c1O. The van der Waals surface area contributed by atoms with E-state index in [1.165, 1.54) is 24.1 Å². The zero-order valence-electron chi connectivity index (χ0n) is 14.3. The lowest BCUT2D eigenvalue weighted by Gasteiger charge is -2.28. The molecule has 1 aromatic carbocycles. The monoisotopic (exact) mass is 361 g/mol. The van der Waals surface area contributed by atoms with Crippen molar-refractivity contribution in [2.24, 2.45) is 0 Å². The normalized spacial score (nSPS) is 14.3. The number of hydrogen-bond donors (Lipinski definition) is 3. The molecule has 3 N–H and O–H groups in total. The zero-order valence-corrected chi connectivity index (χ0v) is 14.3. The van der Waals surface area contributed by atoms with Gasteiger partial charge in [-0.25, -0.2) is 9.37 Å². The van der Waals surface area contributed by atoms with Gasteiger partial charge in [0, 0.05) is 39.8 Å². The lowest BCUT2D eigenvalue weighted by molar-refractivity contribution is 0.0775. The van der Waals surface area contributed by atoms with Crippen molar-refractivity contribution in [1.82, 2.24) is 20.2 Å². The maximum absolute atomic E-state index is 13.0. The van der Waals surface area contributed by atoms with Crippen molar-refractivity contribution < 1.29 is 14.3 Å². The van der Waals surface area contributed by atoms with Gasteiger partial charge in [0.2, 0.25) is 11.7 Å². The molecule has 0 unspecified atom stereocenters. The smallest absolute Gasteiger partial charge is 0.295 e. The fourth-order valence-corrected chi connectivity index (χ4v) is 2.75. The number of aromatic nitrogens is 2. The van der Waals surface area contributed by atoms with Crippen molar-refractivity contribution in [3.63, 3.8) is 0 Å². The lowest BCUT2D eigenvalue weighted by Crippen LogP contribution is -2.45. The highest BCUT2D eigenvalue weighted by Gasteiger charge is 2.23. The van der Waals surface area contributed by atoms with Crippen molar-refractivity contribution in [3.05, 3.63) is 51.7 Å². The second-order valence-electron chi connectivity index (χ2n) is 6.11. The van der Waals surface area contributed by atoms with E-state index in [-0.39, 0.29) is 24.0 Å². The summed E-state index contributed by atoms with van der Waals surface area (Å²) in [6, 6.07) is 5.74. The number of halogens is 1. The molecular weight excluding hydrogens is 341 g/mol. The third kappa shape index (κ3) is 3.83. The fourth-order valence-electron chi connectivity index (χ4n) is 2.75. The summed E-state index contributed by atoms with van der Waals surface area (Å²) in [7, 11) is 1.53. The van der Waals surface area contributed by atoms with E-state index in [4.69, 9.17) is 0 Å². The van der Waals surface area contributed by atoms with Crippen molar-refractivity contribution in [2.45, 2.75) is 6.54 Å². The number of rotatable bonds is 4. The Hall–Kier alpha value is -2.94. The van der Waals surface area contributed by atoms with Gasteiger partial charge in [0.25, 0.3) is 11.5 Å². The van der Waals surface area contributed by atoms with E-state index in [1.54, 1.807) is 12.1 Å². The Kier molecular flexibility index (Phi) is 5.17. The van der Waals surface area contributed by atoms with E-state index in [0.717, 1.165) is 13.1 Å². The first-order valence-corrected chi connectivity index (χ1v) is 8.24. The number of aromatic hydroxyl groups is 1. The van der Waals surface area contributed by atoms with Gasteiger partial charge in [0.15, 0.2) is 5.69 Å². The predicted octanol–water partition coefficient (Wildman–Crippen LogP) is 0.296. The van der Waals surface area contributed by atoms with E-state index in [0.29, 0.717) is 18.7 Å². The van der Waals surface area contributed by atoms with Crippen molar-refractivity contribution in [2.75, 3.05) is 38.1 Å². The molecule has 8 nitrogen and oxygen atoms in total. The summed E-state index contributed by atoms with van der Waals surface area (Å²) in [5, 5.41) is 13.2. The molecule has 0 aliphatic carbocycles. The molecule has 2 heterocycles. The van der Waals surface area contributed by atoms with Gasteiger partial charge >= 0.3 is 0 Å². The van der Waals surface area contributed by atoms with E-state index in [9.17, 15) is 19.1 Å². The number of carbonyl (C=O) groups is 1. The van der Waals surface area contributed by atoms with E-state index < -0.39 is 17.2 Å². The molecule has 1 fully saturated rings. The van der Waals surface area contributed by atoms with Crippen LogP contribution in [0.15, 0.2) is 29.1 Å². The summed E-state index contributed by atoms with van der Waals surface area (Å²) in [6.07, 6.45) is 0. The molecule has 1 aliphatic heterocycles. The Balaban J connectivity index is 1.84. The summed E-state index contributed by atoms with van der Waals surface area (Å²) >= 11 is 0. The molecule has 1 saturated heterocycles. The summed E-state index contributed by atoms with van der Waals surface area (Å²) < 4.78 is 13.0. The number of aromatic amines is 1. The van der Waals surface area contributed by atoms with Gasteiger partial charge < -0.3 is 20.2 Å². The van der Waals surface area contributed by atoms with Crippen LogP contribution < -0.4 is 15.8 Å². The second-order valence-corrected chi connectivity index (χ2v) is 6.11. The first-order chi connectivity index (χ1) is 12.5. The van der Waals surface area contributed by atoms with Crippen LogP contribution in [0.1, 0.15) is 16.1 Å². The van der Waals surface area contributed by atoms with Crippen LogP contribution >= 0.6 is 0 Å². The molecule has 0 atom stereocenters. The summed E-state index contributed by atoms with van der Waals surface area (Å²) in [6.45, 7) is 2.92. The second kappa shape index (κ2) is 7.52. The van der Waals surface area contributed by atoms with Crippen LogP contribution in [0.3, 0.4) is 0 Å². The highest BCUT2D eigenvalue weighted by molar-refractivity contribution is 5.94. The highest BCUT2D eigenvalue weighted by Crippen LogP contribution is 2.16. The minimum absolute atomic E-state index is 0.190. The number of piperazine rings is 1. The summed E-state index contributed by atoms with van der Waals surface area (Å²) in [5.41, 5.74) is -0.340. The van der Waals surface area contributed by atoms with Crippen LogP contribution in [0, 0.1) is 5.82 Å². The molecule has 0 saturated carbocycles. The van der Waals surface area contributed by atoms with Crippen LogP contribution in [0.5, 0.6) is 5.75 Å². The maximum Gasteiger partial charge on any atom is 0.295 e. The Bertz CT molecular complexity index is 846. The van der Waals surface area contributed by atoms with Gasteiger partial charge in [-0.2, -0.15) is 0 Å². The maximum atomic E-state index is 13.0. The predicted molar refractivity (Wildman–Crippen MR) is 93.8 cm³/mol. The van der Waals surface area contributed by atoms with Crippen LogP contribution in [0.25, 0.3) is 0 Å². The molecule has 138 valence electrons. The molecule has 0 radical (unpaired) electrons. The molecular formula is C17H20FN5O3. The molecule has 26 heavy (non-hydrogen) atoms. The average Bonchev–Trinajstić information content (AvgIpc) is 2.65. The quantitative estimate of drug-likeness (QED) is 0.724. The summed E-state index contributed by atoms with van der Waals surface area (Å²) in [4.78, 5) is 34.5. The number of amides is 1. The van der Waals surface area contributed by atoms with Crippen molar-refractivity contribution >= 4 is 11.9 Å². The Morgan fingerprint density at radius 1 is 1.31 bits per heavy atom. The van der Waals surface area contributed by atoms with Crippen LogP contribution in [0.2, 0.25) is 0 Å². The Morgan fingerprint density at radius 2 is 1.96 bits per heavy atom. The van der Waals surface area contributed by atoms with Gasteiger partial charge in [0.05, 0.1) is 0 Å². The Labute approximate surface area is 149 Å². The van der Waals surface area contributed by atoms with Gasteiger partial charge in [-0.1, -0.05) is 12.1 Å². The molecule has 2 aromatic rings. The van der Waals surface area contributed by atoms with Crippen molar-refractivity contribution in [1.29, 1.82) is 0 Å².